The van der Waals surface area contributed by atoms with E-state index in [0.29, 0.717) is 24.6 Å². The average Bonchev–Trinajstić information content (AvgIpc) is 2.86. The van der Waals surface area contributed by atoms with Crippen molar-refractivity contribution < 1.29 is 5.11 Å². The molecule has 1 aliphatic rings. The fourth-order valence-electron chi connectivity index (χ4n) is 2.44. The Kier molecular flexibility index (Phi) is 4.41. The maximum absolute atomic E-state index is 9.28. The third-order valence-corrected chi connectivity index (χ3v) is 5.18. The van der Waals surface area contributed by atoms with Crippen LogP contribution in [-0.2, 0) is 0 Å². The predicted octanol–water partition coefficient (Wildman–Crippen LogP) is 3.32. The van der Waals surface area contributed by atoms with Gasteiger partial charge in [-0.25, -0.2) is 0 Å². The minimum Gasteiger partial charge on any atom is -0.396 e. The normalized spacial score (nSPS) is 27.2. The highest BCUT2D eigenvalue weighted by atomic mass is 79.9. The second-order valence-electron chi connectivity index (χ2n) is 4.51. The Morgan fingerprint density at radius 1 is 1.56 bits per heavy atom. The van der Waals surface area contributed by atoms with E-state index in [2.05, 4.69) is 40.3 Å². The van der Waals surface area contributed by atoms with Crippen molar-refractivity contribution in [2.75, 3.05) is 6.61 Å². The lowest BCUT2D eigenvalue weighted by Gasteiger charge is -2.23. The number of hydrogen-bond donors (Lipinski definition) is 2. The first-order valence-electron chi connectivity index (χ1n) is 5.83. The third-order valence-electron chi connectivity index (χ3n) is 3.38. The molecule has 2 N–H and O–H groups in total. The first-order chi connectivity index (χ1) is 7.70. The van der Waals surface area contributed by atoms with Gasteiger partial charge in [0.05, 0.1) is 3.79 Å². The summed E-state index contributed by atoms with van der Waals surface area (Å²) in [6, 6.07) is 5.13. The van der Waals surface area contributed by atoms with E-state index in [4.69, 9.17) is 0 Å². The minimum atomic E-state index is 0.318. The molecule has 3 atom stereocenters. The zero-order chi connectivity index (χ0) is 11.5. The van der Waals surface area contributed by atoms with Crippen LogP contribution in [0.3, 0.4) is 0 Å². The fraction of sp³-hybridized carbons (Fsp3) is 0.667. The minimum absolute atomic E-state index is 0.318. The molecular weight excluding hydrogens is 286 g/mol. The molecule has 0 saturated heterocycles. The summed E-state index contributed by atoms with van der Waals surface area (Å²) in [4.78, 5) is 1.36. The van der Waals surface area contributed by atoms with Crippen LogP contribution in [0.15, 0.2) is 15.9 Å². The molecule has 2 rings (SSSR count). The van der Waals surface area contributed by atoms with Gasteiger partial charge >= 0.3 is 0 Å². The summed E-state index contributed by atoms with van der Waals surface area (Å²) in [7, 11) is 0. The number of rotatable bonds is 4. The molecule has 2 nitrogen and oxygen atoms in total. The lowest BCUT2D eigenvalue weighted by molar-refractivity contribution is 0.201. The predicted molar refractivity (Wildman–Crippen MR) is 71.8 cm³/mol. The smallest absolute Gasteiger partial charge is 0.0701 e. The first kappa shape index (κ1) is 12.6. The molecule has 4 heteroatoms. The van der Waals surface area contributed by atoms with Crippen LogP contribution >= 0.6 is 27.3 Å². The Balaban J connectivity index is 1.94. The number of nitrogens with one attached hydrogen (secondary N) is 1. The van der Waals surface area contributed by atoms with E-state index in [1.807, 2.05) is 0 Å². The molecule has 0 spiro atoms. The van der Waals surface area contributed by atoms with Gasteiger partial charge in [0.25, 0.3) is 0 Å². The molecule has 1 aromatic rings. The highest BCUT2D eigenvalue weighted by molar-refractivity contribution is 9.11. The molecular formula is C12H18BrNOS. The van der Waals surface area contributed by atoms with Crippen molar-refractivity contribution in [1.82, 2.24) is 5.32 Å². The number of aliphatic hydroxyl groups excluding tert-OH is 1. The standard InChI is InChI=1S/C12H18BrNOS/c1-8(11-5-6-12(13)16-11)14-10-4-2-3-9(10)7-15/h5-6,8-10,14-15H,2-4,7H2,1H3. The maximum Gasteiger partial charge on any atom is 0.0701 e. The number of thiophene rings is 1. The van der Waals surface area contributed by atoms with Gasteiger partial charge in [-0.3, -0.25) is 0 Å². The summed E-state index contributed by atoms with van der Waals surface area (Å²) in [5, 5.41) is 12.9. The van der Waals surface area contributed by atoms with Crippen LogP contribution in [0, 0.1) is 5.92 Å². The van der Waals surface area contributed by atoms with E-state index >= 15 is 0 Å². The van der Waals surface area contributed by atoms with Gasteiger partial charge in [-0.15, -0.1) is 11.3 Å². The van der Waals surface area contributed by atoms with Gasteiger partial charge in [-0.2, -0.15) is 0 Å². The highest BCUT2D eigenvalue weighted by Gasteiger charge is 2.27. The van der Waals surface area contributed by atoms with Crippen molar-refractivity contribution in [3.63, 3.8) is 0 Å². The molecule has 0 amide bonds. The number of hydrogen-bond acceptors (Lipinski definition) is 3. The van der Waals surface area contributed by atoms with Gasteiger partial charge < -0.3 is 10.4 Å². The van der Waals surface area contributed by atoms with Crippen molar-refractivity contribution in [1.29, 1.82) is 0 Å². The topological polar surface area (TPSA) is 32.3 Å². The van der Waals surface area contributed by atoms with Gasteiger partial charge in [-0.1, -0.05) is 6.42 Å². The zero-order valence-corrected chi connectivity index (χ0v) is 11.9. The first-order valence-corrected chi connectivity index (χ1v) is 7.44. The van der Waals surface area contributed by atoms with Crippen LogP contribution in [-0.4, -0.2) is 17.8 Å². The van der Waals surface area contributed by atoms with E-state index in [9.17, 15) is 5.11 Å². The SMILES string of the molecule is CC(NC1CCCC1CO)c1ccc(Br)s1. The summed E-state index contributed by atoms with van der Waals surface area (Å²) in [5.41, 5.74) is 0. The van der Waals surface area contributed by atoms with Crippen molar-refractivity contribution >= 4 is 27.3 Å². The lowest BCUT2D eigenvalue weighted by Crippen LogP contribution is -2.35. The second-order valence-corrected chi connectivity index (χ2v) is 7.00. The molecule has 3 unspecified atom stereocenters. The van der Waals surface area contributed by atoms with Crippen molar-refractivity contribution in [3.8, 4) is 0 Å². The molecule has 0 bridgehead atoms. The highest BCUT2D eigenvalue weighted by Crippen LogP contribution is 2.31. The quantitative estimate of drug-likeness (QED) is 0.894. The summed E-state index contributed by atoms with van der Waals surface area (Å²) in [5.74, 6) is 0.450. The maximum atomic E-state index is 9.28. The van der Waals surface area contributed by atoms with Gasteiger partial charge in [0, 0.05) is 23.6 Å². The van der Waals surface area contributed by atoms with Gasteiger partial charge in [0.15, 0.2) is 0 Å². The van der Waals surface area contributed by atoms with Crippen molar-refractivity contribution in [3.05, 3.63) is 20.8 Å². The van der Waals surface area contributed by atoms with Crippen LogP contribution < -0.4 is 5.32 Å². The Morgan fingerprint density at radius 2 is 2.38 bits per heavy atom. The molecule has 1 heterocycles. The molecule has 90 valence electrons. The molecule has 1 saturated carbocycles. The number of halogens is 1. The Morgan fingerprint density at radius 3 is 3.00 bits per heavy atom. The largest absolute Gasteiger partial charge is 0.396 e. The lowest BCUT2D eigenvalue weighted by atomic mass is 10.0. The summed E-state index contributed by atoms with van der Waals surface area (Å²) < 4.78 is 1.18. The fourth-order valence-corrected chi connectivity index (χ4v) is 3.87. The molecule has 1 fully saturated rings. The molecule has 0 radical (unpaired) electrons. The van der Waals surface area contributed by atoms with Crippen LogP contribution in [0.5, 0.6) is 0 Å². The van der Waals surface area contributed by atoms with Crippen LogP contribution in [0.25, 0.3) is 0 Å². The molecule has 0 aliphatic heterocycles. The summed E-state index contributed by atoms with van der Waals surface area (Å²) in [6.45, 7) is 2.52. The van der Waals surface area contributed by atoms with Crippen molar-refractivity contribution in [2.24, 2.45) is 5.92 Å². The van der Waals surface area contributed by atoms with E-state index < -0.39 is 0 Å². The zero-order valence-electron chi connectivity index (χ0n) is 9.45. The second kappa shape index (κ2) is 5.63. The van der Waals surface area contributed by atoms with Gasteiger partial charge in [-0.05, 0) is 53.7 Å². The van der Waals surface area contributed by atoms with E-state index in [-0.39, 0.29) is 0 Å². The average molecular weight is 304 g/mol. The third kappa shape index (κ3) is 2.86. The molecule has 16 heavy (non-hydrogen) atoms. The molecule has 1 aromatic heterocycles. The van der Waals surface area contributed by atoms with E-state index in [1.165, 1.54) is 21.5 Å². The summed E-state index contributed by atoms with van der Waals surface area (Å²) in [6.07, 6.45) is 3.60. The summed E-state index contributed by atoms with van der Waals surface area (Å²) >= 11 is 5.27. The Hall–Kier alpha value is 0.1000. The number of aliphatic hydroxyl groups is 1. The van der Waals surface area contributed by atoms with E-state index in [1.54, 1.807) is 11.3 Å². The van der Waals surface area contributed by atoms with Crippen LogP contribution in [0.4, 0.5) is 0 Å². The monoisotopic (exact) mass is 303 g/mol. The van der Waals surface area contributed by atoms with Crippen LogP contribution in [0.1, 0.15) is 37.1 Å². The van der Waals surface area contributed by atoms with Crippen LogP contribution in [0.2, 0.25) is 0 Å². The molecule has 1 aliphatic carbocycles. The molecule has 0 aromatic carbocycles. The van der Waals surface area contributed by atoms with E-state index in [0.717, 1.165) is 6.42 Å². The Labute approximate surface area is 109 Å². The van der Waals surface area contributed by atoms with Crippen molar-refractivity contribution in [2.45, 2.75) is 38.3 Å². The Bertz CT molecular complexity index is 342. The van der Waals surface area contributed by atoms with Gasteiger partial charge in [0.1, 0.15) is 0 Å². The van der Waals surface area contributed by atoms with Gasteiger partial charge in [0.2, 0.25) is 0 Å².